The van der Waals surface area contributed by atoms with Gasteiger partial charge in [0, 0.05) is 37.3 Å². The Morgan fingerprint density at radius 3 is 2.33 bits per heavy atom. The minimum absolute atomic E-state index is 0.169. The van der Waals surface area contributed by atoms with E-state index in [9.17, 15) is 0 Å². The molecular formula is C15H33N3. The smallest absolute Gasteiger partial charge is 0.0305 e. The number of piperazine rings is 1. The molecule has 0 amide bonds. The maximum atomic E-state index is 6.09. The van der Waals surface area contributed by atoms with Crippen LogP contribution in [0.1, 0.15) is 47.5 Å². The van der Waals surface area contributed by atoms with Crippen LogP contribution in [0.2, 0.25) is 0 Å². The van der Waals surface area contributed by atoms with E-state index in [-0.39, 0.29) is 11.1 Å². The van der Waals surface area contributed by atoms with Crippen LogP contribution in [0.5, 0.6) is 0 Å². The fraction of sp³-hybridized carbons (Fsp3) is 1.00. The van der Waals surface area contributed by atoms with Gasteiger partial charge in [-0.2, -0.15) is 0 Å². The maximum Gasteiger partial charge on any atom is 0.0305 e. The Labute approximate surface area is 114 Å². The maximum absolute atomic E-state index is 6.09. The zero-order valence-electron chi connectivity index (χ0n) is 13.3. The molecule has 0 bridgehead atoms. The summed E-state index contributed by atoms with van der Waals surface area (Å²) in [6, 6.07) is 0. The lowest BCUT2D eigenvalue weighted by Gasteiger charge is -2.52. The van der Waals surface area contributed by atoms with E-state index >= 15 is 0 Å². The van der Waals surface area contributed by atoms with Crippen molar-refractivity contribution in [3.05, 3.63) is 0 Å². The van der Waals surface area contributed by atoms with Crippen LogP contribution >= 0.6 is 0 Å². The standard InChI is InChI=1S/C15H33N3/c1-13(2)7-8-15(5,11-16)18-10-9-17(6)14(3,4)12-18/h13H,7-12,16H2,1-6H3. The van der Waals surface area contributed by atoms with E-state index in [0.717, 1.165) is 32.1 Å². The van der Waals surface area contributed by atoms with Gasteiger partial charge in [0.2, 0.25) is 0 Å². The fourth-order valence-corrected chi connectivity index (χ4v) is 2.69. The van der Waals surface area contributed by atoms with Crippen LogP contribution in [0, 0.1) is 5.92 Å². The molecule has 1 fully saturated rings. The molecule has 2 N–H and O–H groups in total. The molecule has 0 aliphatic carbocycles. The first-order chi connectivity index (χ1) is 8.21. The molecule has 1 atom stereocenters. The quantitative estimate of drug-likeness (QED) is 0.817. The monoisotopic (exact) mass is 255 g/mol. The van der Waals surface area contributed by atoms with Crippen molar-refractivity contribution < 1.29 is 0 Å². The molecule has 1 aliphatic heterocycles. The molecule has 0 saturated carbocycles. The van der Waals surface area contributed by atoms with Gasteiger partial charge in [0.05, 0.1) is 0 Å². The van der Waals surface area contributed by atoms with Gasteiger partial charge in [0.1, 0.15) is 0 Å². The molecule has 0 aromatic carbocycles. The molecule has 18 heavy (non-hydrogen) atoms. The predicted molar refractivity (Wildman–Crippen MR) is 79.8 cm³/mol. The topological polar surface area (TPSA) is 32.5 Å². The highest BCUT2D eigenvalue weighted by molar-refractivity contribution is 4.96. The Morgan fingerprint density at radius 1 is 1.28 bits per heavy atom. The Hall–Kier alpha value is -0.120. The summed E-state index contributed by atoms with van der Waals surface area (Å²) in [6.07, 6.45) is 2.47. The Bertz CT molecular complexity index is 262. The number of likely N-dealkylation sites (N-methyl/N-ethyl adjacent to an activating group) is 1. The molecule has 1 rings (SSSR count). The van der Waals surface area contributed by atoms with Gasteiger partial charge in [-0.1, -0.05) is 13.8 Å². The van der Waals surface area contributed by atoms with E-state index in [0.29, 0.717) is 0 Å². The molecule has 1 unspecified atom stereocenters. The molecule has 1 aliphatic rings. The number of rotatable bonds is 5. The lowest BCUT2D eigenvalue weighted by molar-refractivity contribution is -0.0200. The molecule has 0 radical (unpaired) electrons. The predicted octanol–water partition coefficient (Wildman–Crippen LogP) is 2.17. The first-order valence-electron chi connectivity index (χ1n) is 7.37. The van der Waals surface area contributed by atoms with Crippen molar-refractivity contribution in [2.24, 2.45) is 11.7 Å². The molecule has 3 nitrogen and oxygen atoms in total. The Kier molecular flexibility index (Phi) is 5.22. The largest absolute Gasteiger partial charge is 0.329 e. The van der Waals surface area contributed by atoms with Crippen molar-refractivity contribution in [3.8, 4) is 0 Å². The second kappa shape index (κ2) is 5.89. The zero-order valence-corrected chi connectivity index (χ0v) is 13.3. The summed E-state index contributed by atoms with van der Waals surface area (Å²) in [5.74, 6) is 0.761. The van der Waals surface area contributed by atoms with E-state index in [1.165, 1.54) is 12.8 Å². The van der Waals surface area contributed by atoms with E-state index in [4.69, 9.17) is 5.73 Å². The van der Waals surface area contributed by atoms with E-state index < -0.39 is 0 Å². The molecular weight excluding hydrogens is 222 g/mol. The third-order valence-electron chi connectivity index (χ3n) is 4.78. The van der Waals surface area contributed by atoms with Gasteiger partial charge in [-0.25, -0.2) is 0 Å². The van der Waals surface area contributed by atoms with E-state index in [1.807, 2.05) is 0 Å². The van der Waals surface area contributed by atoms with E-state index in [2.05, 4.69) is 51.5 Å². The molecule has 1 saturated heterocycles. The van der Waals surface area contributed by atoms with Gasteiger partial charge >= 0.3 is 0 Å². The van der Waals surface area contributed by atoms with Crippen molar-refractivity contribution in [2.45, 2.75) is 58.5 Å². The fourth-order valence-electron chi connectivity index (χ4n) is 2.69. The molecule has 1 heterocycles. The van der Waals surface area contributed by atoms with Gasteiger partial charge in [0.25, 0.3) is 0 Å². The van der Waals surface area contributed by atoms with Crippen molar-refractivity contribution in [3.63, 3.8) is 0 Å². The van der Waals surface area contributed by atoms with Crippen molar-refractivity contribution >= 4 is 0 Å². The molecule has 3 heteroatoms. The minimum Gasteiger partial charge on any atom is -0.329 e. The van der Waals surface area contributed by atoms with Crippen molar-refractivity contribution in [1.29, 1.82) is 0 Å². The normalized spacial score (nSPS) is 25.3. The second-order valence-corrected chi connectivity index (χ2v) is 7.29. The van der Waals surface area contributed by atoms with E-state index in [1.54, 1.807) is 0 Å². The molecule has 108 valence electrons. The highest BCUT2D eigenvalue weighted by atomic mass is 15.3. The number of nitrogens with two attached hydrogens (primary N) is 1. The average Bonchev–Trinajstić information content (AvgIpc) is 2.29. The first kappa shape index (κ1) is 15.9. The van der Waals surface area contributed by atoms with Crippen LogP contribution in [0.4, 0.5) is 0 Å². The van der Waals surface area contributed by atoms with Gasteiger partial charge in [-0.15, -0.1) is 0 Å². The number of hydrogen-bond donors (Lipinski definition) is 1. The van der Waals surface area contributed by atoms with Crippen LogP contribution in [0.25, 0.3) is 0 Å². The van der Waals surface area contributed by atoms with Gasteiger partial charge in [-0.05, 0) is 46.6 Å². The Balaban J connectivity index is 2.70. The van der Waals surface area contributed by atoms with Crippen LogP contribution in [-0.4, -0.2) is 54.1 Å². The number of hydrogen-bond acceptors (Lipinski definition) is 3. The third-order valence-corrected chi connectivity index (χ3v) is 4.78. The van der Waals surface area contributed by atoms with Crippen molar-refractivity contribution in [1.82, 2.24) is 9.80 Å². The zero-order chi connectivity index (χ0) is 14.0. The SMILES string of the molecule is CC(C)CCC(C)(CN)N1CCN(C)C(C)(C)C1. The van der Waals surface area contributed by atoms with Gasteiger partial charge in [-0.3, -0.25) is 9.80 Å². The summed E-state index contributed by atoms with van der Waals surface area (Å²) in [6.45, 7) is 15.8. The number of nitrogens with zero attached hydrogens (tertiary/aromatic N) is 2. The molecule has 0 aromatic heterocycles. The average molecular weight is 255 g/mol. The van der Waals surface area contributed by atoms with Gasteiger partial charge < -0.3 is 5.73 Å². The van der Waals surface area contributed by atoms with Crippen molar-refractivity contribution in [2.75, 3.05) is 33.2 Å². The summed E-state index contributed by atoms with van der Waals surface area (Å²) < 4.78 is 0. The summed E-state index contributed by atoms with van der Waals surface area (Å²) in [7, 11) is 2.23. The van der Waals surface area contributed by atoms with Crippen LogP contribution in [0.15, 0.2) is 0 Å². The third kappa shape index (κ3) is 3.69. The van der Waals surface area contributed by atoms with Crippen LogP contribution < -0.4 is 5.73 Å². The molecule has 0 aromatic rings. The van der Waals surface area contributed by atoms with Gasteiger partial charge in [0.15, 0.2) is 0 Å². The van der Waals surface area contributed by atoms with Crippen LogP contribution in [-0.2, 0) is 0 Å². The second-order valence-electron chi connectivity index (χ2n) is 7.29. The Morgan fingerprint density at radius 2 is 1.89 bits per heavy atom. The summed E-state index contributed by atoms with van der Waals surface area (Å²) in [5.41, 5.74) is 6.52. The lowest BCUT2D eigenvalue weighted by atomic mass is 9.87. The summed E-state index contributed by atoms with van der Waals surface area (Å²) >= 11 is 0. The summed E-state index contributed by atoms with van der Waals surface area (Å²) in [4.78, 5) is 5.08. The molecule has 0 spiro atoms. The summed E-state index contributed by atoms with van der Waals surface area (Å²) in [5, 5.41) is 0. The minimum atomic E-state index is 0.169. The highest BCUT2D eigenvalue weighted by Gasteiger charge is 2.39. The highest BCUT2D eigenvalue weighted by Crippen LogP contribution is 2.28. The van der Waals surface area contributed by atoms with Crippen LogP contribution in [0.3, 0.4) is 0 Å². The first-order valence-corrected chi connectivity index (χ1v) is 7.37. The lowest BCUT2D eigenvalue weighted by Crippen LogP contribution is -2.64.